The van der Waals surface area contributed by atoms with Crippen molar-refractivity contribution in [2.75, 3.05) is 25.5 Å². The van der Waals surface area contributed by atoms with Crippen molar-refractivity contribution in [1.29, 1.82) is 0 Å². The van der Waals surface area contributed by atoms with Gasteiger partial charge < -0.3 is 19.9 Å². The summed E-state index contributed by atoms with van der Waals surface area (Å²) in [6.45, 7) is 2.97. The second-order valence-electron chi connectivity index (χ2n) is 10.5. The van der Waals surface area contributed by atoms with E-state index < -0.39 is 17.8 Å². The third kappa shape index (κ3) is 6.60. The number of nitrogens with one attached hydrogen (secondary N) is 2. The number of halogens is 3. The van der Waals surface area contributed by atoms with E-state index in [-0.39, 0.29) is 17.6 Å². The molecule has 0 radical (unpaired) electrons. The van der Waals surface area contributed by atoms with Crippen LogP contribution in [0, 0.1) is 6.92 Å². The van der Waals surface area contributed by atoms with Gasteiger partial charge in [-0.25, -0.2) is 9.78 Å². The molecule has 42 heavy (non-hydrogen) atoms. The molecule has 3 aromatic carbocycles. The molecular weight excluding hydrogens is 543 g/mol. The maximum atomic E-state index is 13.8. The highest BCUT2D eigenvalue weighted by molar-refractivity contribution is 5.89. The van der Waals surface area contributed by atoms with Gasteiger partial charge in [-0.1, -0.05) is 48.5 Å². The molecule has 2 N–H and O–H groups in total. The number of amides is 2. The summed E-state index contributed by atoms with van der Waals surface area (Å²) in [5.41, 5.74) is 2.40. The quantitative estimate of drug-likeness (QED) is 0.236. The number of aromatic amines is 1. The molecule has 7 nitrogen and oxygen atoms in total. The van der Waals surface area contributed by atoms with Crippen molar-refractivity contribution >= 4 is 11.7 Å². The number of piperidine rings is 1. The molecule has 1 atom stereocenters. The van der Waals surface area contributed by atoms with Crippen LogP contribution in [0.2, 0.25) is 0 Å². The van der Waals surface area contributed by atoms with E-state index in [2.05, 4.69) is 20.2 Å². The summed E-state index contributed by atoms with van der Waals surface area (Å²) in [5, 5.41) is 3.02. The zero-order chi connectivity index (χ0) is 29.7. The summed E-state index contributed by atoms with van der Waals surface area (Å²) in [5.74, 6) is 0.701. The van der Waals surface area contributed by atoms with Gasteiger partial charge in [0.1, 0.15) is 5.75 Å². The van der Waals surface area contributed by atoms with E-state index in [1.54, 1.807) is 19.4 Å². The SMILES string of the molecule is COc1ccccc1CN(C(=O)Nc1ccccc1)C1CCN(C(c2ccc(C)c(C(F)(F)F)c2)c2cnc[nH]2)CC1. The molecule has 1 aromatic heterocycles. The number of para-hydroxylation sites is 2. The van der Waals surface area contributed by atoms with E-state index in [0.29, 0.717) is 49.5 Å². The minimum Gasteiger partial charge on any atom is -0.496 e. The Morgan fingerprint density at radius 2 is 1.81 bits per heavy atom. The molecular formula is C32H34F3N5O2. The second-order valence-corrected chi connectivity index (χ2v) is 10.5. The number of urea groups is 1. The lowest BCUT2D eigenvalue weighted by Gasteiger charge is -2.41. The van der Waals surface area contributed by atoms with E-state index in [4.69, 9.17) is 4.74 Å². The number of aromatic nitrogens is 2. The molecule has 220 valence electrons. The minimum absolute atomic E-state index is 0.0963. The van der Waals surface area contributed by atoms with Gasteiger partial charge in [-0.2, -0.15) is 13.2 Å². The van der Waals surface area contributed by atoms with Crippen molar-refractivity contribution < 1.29 is 22.7 Å². The number of likely N-dealkylation sites (tertiary alicyclic amines) is 1. The van der Waals surface area contributed by atoms with Gasteiger partial charge in [-0.05, 0) is 55.2 Å². The van der Waals surface area contributed by atoms with Gasteiger partial charge in [0.05, 0.1) is 37.3 Å². The Morgan fingerprint density at radius 1 is 1.10 bits per heavy atom. The summed E-state index contributed by atoms with van der Waals surface area (Å²) >= 11 is 0. The summed E-state index contributed by atoms with van der Waals surface area (Å²) in [4.78, 5) is 24.9. The molecule has 4 aromatic rings. The molecule has 1 unspecified atom stereocenters. The molecule has 0 saturated carbocycles. The van der Waals surface area contributed by atoms with Gasteiger partial charge in [0, 0.05) is 36.6 Å². The normalized spacial score (nSPS) is 15.3. The predicted octanol–water partition coefficient (Wildman–Crippen LogP) is 7.03. The van der Waals surface area contributed by atoms with Crippen molar-refractivity contribution in [3.63, 3.8) is 0 Å². The van der Waals surface area contributed by atoms with Crippen LogP contribution in [0.3, 0.4) is 0 Å². The smallest absolute Gasteiger partial charge is 0.416 e. The molecule has 1 saturated heterocycles. The summed E-state index contributed by atoms with van der Waals surface area (Å²) in [6, 6.07) is 20.7. The number of imidazole rings is 1. The summed E-state index contributed by atoms with van der Waals surface area (Å²) in [7, 11) is 1.61. The van der Waals surface area contributed by atoms with Crippen LogP contribution >= 0.6 is 0 Å². The Bertz CT molecular complexity index is 1470. The summed E-state index contributed by atoms with van der Waals surface area (Å²) < 4.78 is 46.9. The zero-order valence-corrected chi connectivity index (χ0v) is 23.6. The lowest BCUT2D eigenvalue weighted by Crippen LogP contribution is -2.49. The largest absolute Gasteiger partial charge is 0.496 e. The Kier molecular flexibility index (Phi) is 8.82. The Hall–Kier alpha value is -4.31. The van der Waals surface area contributed by atoms with E-state index in [0.717, 1.165) is 11.3 Å². The number of benzene rings is 3. The number of hydrogen-bond acceptors (Lipinski definition) is 4. The maximum absolute atomic E-state index is 13.8. The van der Waals surface area contributed by atoms with E-state index >= 15 is 0 Å². The molecule has 10 heteroatoms. The van der Waals surface area contributed by atoms with Crippen molar-refractivity contribution in [3.8, 4) is 5.75 Å². The first-order chi connectivity index (χ1) is 20.2. The average Bonchev–Trinajstić information content (AvgIpc) is 3.52. The highest BCUT2D eigenvalue weighted by Crippen LogP contribution is 2.37. The fourth-order valence-corrected chi connectivity index (χ4v) is 5.67. The molecule has 5 rings (SSSR count). The average molecular weight is 578 g/mol. The van der Waals surface area contributed by atoms with E-state index in [1.165, 1.54) is 25.4 Å². The number of nitrogens with zero attached hydrogens (tertiary/aromatic N) is 3. The lowest BCUT2D eigenvalue weighted by atomic mass is 9.94. The number of hydrogen-bond donors (Lipinski definition) is 2. The van der Waals surface area contributed by atoms with Crippen molar-refractivity contribution in [3.05, 3.63) is 113 Å². The van der Waals surface area contributed by atoms with Crippen LogP contribution in [0.1, 0.15) is 46.8 Å². The van der Waals surface area contributed by atoms with Gasteiger partial charge in [0.2, 0.25) is 0 Å². The van der Waals surface area contributed by atoms with Crippen LogP contribution in [0.25, 0.3) is 0 Å². The van der Waals surface area contributed by atoms with Crippen LogP contribution in [-0.4, -0.2) is 52.0 Å². The summed E-state index contributed by atoms with van der Waals surface area (Å²) in [6.07, 6.45) is 0.0265. The van der Waals surface area contributed by atoms with Gasteiger partial charge in [-0.3, -0.25) is 4.90 Å². The highest BCUT2D eigenvalue weighted by Gasteiger charge is 2.36. The Morgan fingerprint density at radius 3 is 2.48 bits per heavy atom. The van der Waals surface area contributed by atoms with Crippen molar-refractivity contribution in [1.82, 2.24) is 19.8 Å². The van der Waals surface area contributed by atoms with Crippen LogP contribution in [0.5, 0.6) is 5.75 Å². The van der Waals surface area contributed by atoms with Crippen molar-refractivity contribution in [2.24, 2.45) is 0 Å². The molecule has 2 heterocycles. The Balaban J connectivity index is 1.39. The minimum atomic E-state index is -4.45. The second kappa shape index (κ2) is 12.7. The number of H-pyrrole nitrogens is 1. The number of alkyl halides is 3. The van der Waals surface area contributed by atoms with Crippen molar-refractivity contribution in [2.45, 2.75) is 44.6 Å². The first kappa shape index (κ1) is 29.2. The van der Waals surface area contributed by atoms with Gasteiger partial charge in [0.25, 0.3) is 0 Å². The van der Waals surface area contributed by atoms with Crippen LogP contribution in [0.4, 0.5) is 23.7 Å². The number of aryl methyl sites for hydroxylation is 1. The molecule has 1 aliphatic heterocycles. The first-order valence-corrected chi connectivity index (χ1v) is 13.9. The van der Waals surface area contributed by atoms with Crippen LogP contribution in [0.15, 0.2) is 85.3 Å². The predicted molar refractivity (Wildman–Crippen MR) is 155 cm³/mol. The molecule has 2 amide bonds. The monoisotopic (exact) mass is 577 g/mol. The molecule has 0 spiro atoms. The zero-order valence-electron chi connectivity index (χ0n) is 23.6. The third-order valence-electron chi connectivity index (χ3n) is 7.82. The first-order valence-electron chi connectivity index (χ1n) is 13.9. The lowest BCUT2D eigenvalue weighted by molar-refractivity contribution is -0.138. The van der Waals surface area contributed by atoms with Crippen LogP contribution in [-0.2, 0) is 12.7 Å². The topological polar surface area (TPSA) is 73.5 Å². The highest BCUT2D eigenvalue weighted by atomic mass is 19.4. The number of anilines is 1. The van der Waals surface area contributed by atoms with Gasteiger partial charge in [-0.15, -0.1) is 0 Å². The number of rotatable bonds is 8. The molecule has 1 aliphatic rings. The molecule has 0 bridgehead atoms. The number of carbonyl (C=O) groups excluding carboxylic acids is 1. The number of ether oxygens (including phenoxy) is 1. The van der Waals surface area contributed by atoms with Gasteiger partial charge >= 0.3 is 12.2 Å². The maximum Gasteiger partial charge on any atom is 0.416 e. The standard InChI is InChI=1S/C32H34F3N5O2/c1-22-12-13-23(18-27(22)32(33,34)35)30(28-19-36-21-37-28)39-16-14-26(15-17-39)40(20-24-8-6-7-11-29(24)42-2)31(41)38-25-9-4-3-5-10-25/h3-13,18-19,21,26,30H,14-17,20H2,1-2H3,(H,36,37)(H,38,41). The Labute approximate surface area is 243 Å². The third-order valence-corrected chi connectivity index (χ3v) is 7.82. The van der Waals surface area contributed by atoms with Crippen LogP contribution < -0.4 is 10.1 Å². The van der Waals surface area contributed by atoms with E-state index in [1.807, 2.05) is 59.5 Å². The fraction of sp³-hybridized carbons (Fsp3) is 0.312. The number of carbonyl (C=O) groups is 1. The molecule has 0 aliphatic carbocycles. The van der Waals surface area contributed by atoms with Gasteiger partial charge in [0.15, 0.2) is 0 Å². The fourth-order valence-electron chi connectivity index (χ4n) is 5.67. The van der Waals surface area contributed by atoms with E-state index in [9.17, 15) is 18.0 Å². The molecule has 1 fully saturated rings. The number of methoxy groups -OCH3 is 1.